The first kappa shape index (κ1) is 27.4. The Labute approximate surface area is 246 Å². The minimum absolute atomic E-state index is 0.253. The number of nitrogens with zero attached hydrogens (tertiary/aromatic N) is 3. The van der Waals surface area contributed by atoms with Gasteiger partial charge in [-0.25, -0.2) is 9.79 Å². The molecule has 0 saturated heterocycles. The van der Waals surface area contributed by atoms with Gasteiger partial charge >= 0.3 is 5.97 Å². The molecular formula is C29H25Br2N3O4S. The average Bonchev–Trinajstić information content (AvgIpc) is 3.47. The fourth-order valence-corrected chi connectivity index (χ4v) is 6.23. The summed E-state index contributed by atoms with van der Waals surface area (Å²) in [4.78, 5) is 32.6. The first-order valence-corrected chi connectivity index (χ1v) is 14.6. The number of thiazole rings is 1. The van der Waals surface area contributed by atoms with E-state index >= 15 is 0 Å². The van der Waals surface area contributed by atoms with E-state index in [1.54, 1.807) is 38.5 Å². The molecule has 0 N–H and O–H groups in total. The van der Waals surface area contributed by atoms with Gasteiger partial charge in [0.25, 0.3) is 5.56 Å². The molecule has 1 atom stereocenters. The molecule has 10 heteroatoms. The highest BCUT2D eigenvalue weighted by Gasteiger charge is 2.35. The third kappa shape index (κ3) is 5.33. The van der Waals surface area contributed by atoms with Crippen LogP contribution in [-0.2, 0) is 9.53 Å². The van der Waals surface area contributed by atoms with Crippen molar-refractivity contribution >= 4 is 55.2 Å². The zero-order valence-corrected chi connectivity index (χ0v) is 25.6. The maximum atomic E-state index is 14.0. The normalized spacial score (nSPS) is 15.4. The first-order chi connectivity index (χ1) is 18.7. The van der Waals surface area contributed by atoms with Gasteiger partial charge in [0.15, 0.2) is 4.80 Å². The van der Waals surface area contributed by atoms with Gasteiger partial charge in [-0.1, -0.05) is 43.2 Å². The van der Waals surface area contributed by atoms with Gasteiger partial charge in [-0.05, 0) is 81.4 Å². The van der Waals surface area contributed by atoms with Crippen LogP contribution in [0.5, 0.6) is 5.75 Å². The monoisotopic (exact) mass is 669 g/mol. The number of halogens is 2. The Morgan fingerprint density at radius 2 is 1.82 bits per heavy atom. The predicted octanol–water partition coefficient (Wildman–Crippen LogP) is 5.51. The maximum absolute atomic E-state index is 14.0. The largest absolute Gasteiger partial charge is 0.496 e. The number of carbonyl (C=O) groups is 1. The molecule has 0 amide bonds. The quantitative estimate of drug-likeness (QED) is 0.254. The molecule has 39 heavy (non-hydrogen) atoms. The number of methoxy groups -OCH3 is 1. The third-order valence-corrected chi connectivity index (χ3v) is 8.24. The number of aromatic nitrogens is 2. The van der Waals surface area contributed by atoms with Crippen molar-refractivity contribution in [2.75, 3.05) is 7.11 Å². The van der Waals surface area contributed by atoms with E-state index in [2.05, 4.69) is 36.9 Å². The molecule has 5 rings (SSSR count). The summed E-state index contributed by atoms with van der Waals surface area (Å²) in [5.41, 5.74) is 3.01. The molecule has 200 valence electrons. The fraction of sp³-hybridized carbons (Fsp3) is 0.207. The number of carbonyl (C=O) groups excluding carboxylic acids is 1. The van der Waals surface area contributed by atoms with Gasteiger partial charge in [-0.2, -0.15) is 0 Å². The van der Waals surface area contributed by atoms with Crippen molar-refractivity contribution in [3.63, 3.8) is 0 Å². The molecule has 4 aromatic rings. The Balaban J connectivity index is 1.73. The van der Waals surface area contributed by atoms with Gasteiger partial charge in [0.2, 0.25) is 0 Å². The van der Waals surface area contributed by atoms with Gasteiger partial charge in [-0.15, -0.1) is 0 Å². The van der Waals surface area contributed by atoms with Crippen LogP contribution in [0.4, 0.5) is 0 Å². The van der Waals surface area contributed by atoms with Gasteiger partial charge in [0, 0.05) is 32.1 Å². The van der Waals surface area contributed by atoms with Crippen molar-refractivity contribution in [1.29, 1.82) is 0 Å². The Hall–Kier alpha value is -3.21. The fourth-order valence-electron chi connectivity index (χ4n) is 4.56. The van der Waals surface area contributed by atoms with Crippen LogP contribution < -0.4 is 19.6 Å². The summed E-state index contributed by atoms with van der Waals surface area (Å²) in [6.07, 6.45) is 3.47. The van der Waals surface area contributed by atoms with Crippen molar-refractivity contribution in [2.45, 2.75) is 32.9 Å². The van der Waals surface area contributed by atoms with Crippen LogP contribution in [0.15, 0.2) is 90.8 Å². The Kier molecular flexibility index (Phi) is 7.80. The molecule has 0 unspecified atom stereocenters. The van der Waals surface area contributed by atoms with E-state index in [-0.39, 0.29) is 11.7 Å². The maximum Gasteiger partial charge on any atom is 0.338 e. The second-order valence-corrected chi connectivity index (χ2v) is 12.0. The topological polar surface area (TPSA) is 74.8 Å². The summed E-state index contributed by atoms with van der Waals surface area (Å²) in [5, 5.41) is 0. The minimum atomic E-state index is -0.777. The average molecular weight is 671 g/mol. The van der Waals surface area contributed by atoms with Crippen molar-refractivity contribution in [3.05, 3.63) is 112 Å². The highest BCUT2D eigenvalue weighted by molar-refractivity contribution is 9.10. The number of allylic oxidation sites excluding steroid dienone is 1. The second kappa shape index (κ2) is 11.1. The molecular weight excluding hydrogens is 646 g/mol. The number of esters is 1. The molecule has 0 bridgehead atoms. The molecule has 1 aliphatic heterocycles. The number of hydrogen-bond donors (Lipinski definition) is 0. The lowest BCUT2D eigenvalue weighted by atomic mass is 9.95. The van der Waals surface area contributed by atoms with E-state index in [0.29, 0.717) is 31.9 Å². The van der Waals surface area contributed by atoms with Crippen molar-refractivity contribution < 1.29 is 14.3 Å². The zero-order valence-electron chi connectivity index (χ0n) is 21.6. The third-order valence-electron chi connectivity index (χ3n) is 6.23. The van der Waals surface area contributed by atoms with Crippen LogP contribution >= 0.6 is 43.2 Å². The van der Waals surface area contributed by atoms with Gasteiger partial charge in [-0.3, -0.25) is 9.36 Å². The summed E-state index contributed by atoms with van der Waals surface area (Å²) < 4.78 is 17.1. The van der Waals surface area contributed by atoms with E-state index in [1.165, 1.54) is 11.3 Å². The van der Waals surface area contributed by atoms with Crippen LogP contribution in [-0.4, -0.2) is 28.3 Å². The van der Waals surface area contributed by atoms with E-state index in [4.69, 9.17) is 9.47 Å². The Bertz CT molecular complexity index is 1780. The van der Waals surface area contributed by atoms with Gasteiger partial charge in [0.05, 0.1) is 29.0 Å². The predicted molar refractivity (Wildman–Crippen MR) is 159 cm³/mol. The Morgan fingerprint density at radius 1 is 1.10 bits per heavy atom. The smallest absolute Gasteiger partial charge is 0.338 e. The van der Waals surface area contributed by atoms with E-state index in [0.717, 1.165) is 20.3 Å². The molecule has 0 aliphatic carbocycles. The number of fused-ring (bicyclic) bond motifs is 1. The summed E-state index contributed by atoms with van der Waals surface area (Å²) in [6.45, 7) is 5.35. The lowest BCUT2D eigenvalue weighted by Crippen LogP contribution is -2.40. The molecule has 0 radical (unpaired) electrons. The van der Waals surface area contributed by atoms with Crippen LogP contribution in [0.2, 0.25) is 0 Å². The van der Waals surface area contributed by atoms with Crippen molar-refractivity contribution in [1.82, 2.24) is 9.13 Å². The second-order valence-electron chi connectivity index (χ2n) is 9.20. The van der Waals surface area contributed by atoms with E-state index in [9.17, 15) is 9.59 Å². The van der Waals surface area contributed by atoms with Gasteiger partial charge < -0.3 is 14.0 Å². The molecule has 0 saturated carbocycles. The molecule has 3 heterocycles. The highest BCUT2D eigenvalue weighted by Crippen LogP contribution is 2.37. The first-order valence-electron chi connectivity index (χ1n) is 12.2. The summed E-state index contributed by atoms with van der Waals surface area (Å²) >= 11 is 8.29. The SMILES string of the molecule is COc1ccc(Br)cc1[C@H]1C(C(=O)OC(C)C)=C(C)N=c2s/c(=C\c3cccn3-c3ccc(Br)cc3)c(=O)n21. The van der Waals surface area contributed by atoms with Crippen LogP contribution in [0.3, 0.4) is 0 Å². The highest BCUT2D eigenvalue weighted by atomic mass is 79.9. The Morgan fingerprint density at radius 3 is 2.51 bits per heavy atom. The van der Waals surface area contributed by atoms with Crippen molar-refractivity contribution in [3.8, 4) is 11.4 Å². The molecule has 0 spiro atoms. The number of ether oxygens (including phenoxy) is 2. The summed E-state index contributed by atoms with van der Waals surface area (Å²) in [6, 6.07) is 16.6. The van der Waals surface area contributed by atoms with Crippen molar-refractivity contribution in [2.24, 2.45) is 4.99 Å². The summed E-state index contributed by atoms with van der Waals surface area (Å²) in [5.74, 6) is 0.0307. The number of rotatable bonds is 6. The van der Waals surface area contributed by atoms with Crippen LogP contribution in [0.1, 0.15) is 38.1 Å². The zero-order chi connectivity index (χ0) is 27.8. The van der Waals surface area contributed by atoms with Gasteiger partial charge in [0.1, 0.15) is 11.8 Å². The molecule has 1 aliphatic rings. The van der Waals surface area contributed by atoms with Crippen LogP contribution in [0.25, 0.3) is 11.8 Å². The summed E-state index contributed by atoms with van der Waals surface area (Å²) in [7, 11) is 1.56. The molecule has 7 nitrogen and oxygen atoms in total. The lowest BCUT2D eigenvalue weighted by molar-refractivity contribution is -0.143. The molecule has 0 fully saturated rings. The van der Waals surface area contributed by atoms with E-state index in [1.807, 2.05) is 65.4 Å². The molecule has 2 aromatic carbocycles. The van der Waals surface area contributed by atoms with E-state index < -0.39 is 12.0 Å². The number of benzene rings is 2. The minimum Gasteiger partial charge on any atom is -0.496 e. The van der Waals surface area contributed by atoms with Crippen LogP contribution in [0, 0.1) is 0 Å². The standard InChI is InChI=1S/C29H25Br2N3O4S/c1-16(2)38-28(36)25-17(3)32-29-34(26(25)22-14-19(31)9-12-23(22)37-4)27(35)24(39-29)15-21-6-5-13-33(21)20-10-7-18(30)8-11-20/h5-16,26H,1-4H3/b24-15-/t26-/m0/s1. The lowest BCUT2D eigenvalue weighted by Gasteiger charge is -2.26. The molecule has 2 aromatic heterocycles. The number of hydrogen-bond acceptors (Lipinski definition) is 6.